The summed E-state index contributed by atoms with van der Waals surface area (Å²) in [6.07, 6.45) is 1.18. The Morgan fingerprint density at radius 1 is 1.47 bits per heavy atom. The summed E-state index contributed by atoms with van der Waals surface area (Å²) < 4.78 is 0. The van der Waals surface area contributed by atoms with Gasteiger partial charge in [-0.05, 0) is 25.0 Å². The zero-order valence-electron chi connectivity index (χ0n) is 10.9. The molecule has 94 valence electrons. The Morgan fingerprint density at radius 3 is 2.71 bits per heavy atom. The average molecular weight is 250 g/mol. The van der Waals surface area contributed by atoms with Crippen molar-refractivity contribution in [1.29, 1.82) is 0 Å². The first-order valence-corrected chi connectivity index (χ1v) is 7.25. The third-order valence-corrected chi connectivity index (χ3v) is 5.31. The summed E-state index contributed by atoms with van der Waals surface area (Å²) in [5.74, 6) is 1.13. The first kappa shape index (κ1) is 12.8. The van der Waals surface area contributed by atoms with Crippen LogP contribution in [0.15, 0.2) is 24.3 Å². The van der Waals surface area contributed by atoms with Crippen LogP contribution in [-0.2, 0) is 0 Å². The van der Waals surface area contributed by atoms with Crippen molar-refractivity contribution >= 4 is 17.4 Å². The molecule has 1 aliphatic heterocycles. The molecule has 0 spiro atoms. The molecule has 0 bridgehead atoms. The second kappa shape index (κ2) is 4.91. The molecule has 1 aliphatic rings. The molecule has 1 heterocycles. The van der Waals surface area contributed by atoms with E-state index in [2.05, 4.69) is 50.1 Å². The van der Waals surface area contributed by atoms with Gasteiger partial charge in [-0.3, -0.25) is 0 Å². The largest absolute Gasteiger partial charge is 0.367 e. The van der Waals surface area contributed by atoms with E-state index >= 15 is 0 Å². The molecule has 17 heavy (non-hydrogen) atoms. The molecule has 0 saturated carbocycles. The standard InChI is InChI=1S/C14H22N2S/c1-11-6-4-5-7-13(11)16(3)14(9-15)8-12(2)17-10-14/h4-7,12H,8-10,15H2,1-3H3. The third-order valence-electron chi connectivity index (χ3n) is 3.87. The highest BCUT2D eigenvalue weighted by molar-refractivity contribution is 8.00. The number of nitrogens with two attached hydrogens (primary N) is 1. The molecule has 0 aliphatic carbocycles. The maximum atomic E-state index is 6.06. The number of thioether (sulfide) groups is 1. The van der Waals surface area contributed by atoms with Gasteiger partial charge in [-0.2, -0.15) is 11.8 Å². The molecular weight excluding hydrogens is 228 g/mol. The van der Waals surface area contributed by atoms with Crippen molar-refractivity contribution in [3.8, 4) is 0 Å². The fraction of sp³-hybridized carbons (Fsp3) is 0.571. The van der Waals surface area contributed by atoms with Crippen LogP contribution in [0.5, 0.6) is 0 Å². The lowest BCUT2D eigenvalue weighted by molar-refractivity contribution is 0.446. The summed E-state index contributed by atoms with van der Waals surface area (Å²) in [5, 5.41) is 0.713. The Morgan fingerprint density at radius 2 is 2.18 bits per heavy atom. The van der Waals surface area contributed by atoms with Gasteiger partial charge in [0.25, 0.3) is 0 Å². The number of benzene rings is 1. The summed E-state index contributed by atoms with van der Waals surface area (Å²) in [5.41, 5.74) is 8.84. The number of nitrogens with zero attached hydrogens (tertiary/aromatic N) is 1. The average Bonchev–Trinajstić information content (AvgIpc) is 2.72. The van der Waals surface area contributed by atoms with E-state index in [4.69, 9.17) is 5.73 Å². The molecule has 1 aromatic rings. The molecular formula is C14H22N2S. The lowest BCUT2D eigenvalue weighted by Gasteiger charge is -2.40. The highest BCUT2D eigenvalue weighted by Crippen LogP contribution is 2.40. The van der Waals surface area contributed by atoms with E-state index in [-0.39, 0.29) is 5.54 Å². The minimum Gasteiger partial charge on any atom is -0.367 e. The molecule has 2 N–H and O–H groups in total. The Kier molecular flexibility index (Phi) is 3.69. The van der Waals surface area contributed by atoms with Gasteiger partial charge in [0.15, 0.2) is 0 Å². The molecule has 0 radical (unpaired) electrons. The first-order chi connectivity index (χ1) is 8.09. The van der Waals surface area contributed by atoms with Crippen LogP contribution in [-0.4, -0.2) is 30.1 Å². The zero-order chi connectivity index (χ0) is 12.5. The summed E-state index contributed by atoms with van der Waals surface area (Å²) in [6, 6.07) is 8.56. The number of rotatable bonds is 3. The predicted molar refractivity (Wildman–Crippen MR) is 77.9 cm³/mol. The van der Waals surface area contributed by atoms with Crippen molar-refractivity contribution < 1.29 is 0 Å². The van der Waals surface area contributed by atoms with Crippen molar-refractivity contribution in [2.45, 2.75) is 31.1 Å². The van der Waals surface area contributed by atoms with Crippen LogP contribution in [0.2, 0.25) is 0 Å². The van der Waals surface area contributed by atoms with Crippen LogP contribution in [0.4, 0.5) is 5.69 Å². The van der Waals surface area contributed by atoms with Crippen molar-refractivity contribution in [2.75, 3.05) is 24.2 Å². The second-order valence-corrected chi connectivity index (χ2v) is 6.53. The number of para-hydroxylation sites is 1. The van der Waals surface area contributed by atoms with Gasteiger partial charge in [-0.15, -0.1) is 0 Å². The predicted octanol–water partition coefficient (Wildman–Crippen LogP) is 2.65. The van der Waals surface area contributed by atoms with E-state index in [0.29, 0.717) is 5.25 Å². The van der Waals surface area contributed by atoms with Crippen LogP contribution >= 0.6 is 11.8 Å². The minimum atomic E-state index is 0.135. The molecule has 3 heteroatoms. The number of aryl methyl sites for hydroxylation is 1. The first-order valence-electron chi connectivity index (χ1n) is 6.20. The van der Waals surface area contributed by atoms with Crippen LogP contribution in [0.25, 0.3) is 0 Å². The molecule has 2 rings (SSSR count). The Hall–Kier alpha value is -0.670. The number of anilines is 1. The Labute approximate surface area is 109 Å². The summed E-state index contributed by atoms with van der Waals surface area (Å²) >= 11 is 2.04. The van der Waals surface area contributed by atoms with Crippen LogP contribution in [0.3, 0.4) is 0 Å². The fourth-order valence-electron chi connectivity index (χ4n) is 2.66. The number of hydrogen-bond acceptors (Lipinski definition) is 3. The van der Waals surface area contributed by atoms with Crippen molar-refractivity contribution in [2.24, 2.45) is 5.73 Å². The van der Waals surface area contributed by atoms with E-state index in [0.717, 1.165) is 12.3 Å². The minimum absolute atomic E-state index is 0.135. The SMILES string of the molecule is Cc1ccccc1N(C)C1(CN)CSC(C)C1. The third kappa shape index (κ3) is 2.31. The molecule has 1 aromatic carbocycles. The monoisotopic (exact) mass is 250 g/mol. The van der Waals surface area contributed by atoms with E-state index in [1.807, 2.05) is 11.8 Å². The van der Waals surface area contributed by atoms with Crippen molar-refractivity contribution in [3.63, 3.8) is 0 Å². The van der Waals surface area contributed by atoms with Crippen molar-refractivity contribution in [1.82, 2.24) is 0 Å². The lowest BCUT2D eigenvalue weighted by Crippen LogP contribution is -2.53. The summed E-state index contributed by atoms with van der Waals surface area (Å²) in [4.78, 5) is 2.40. The van der Waals surface area contributed by atoms with Gasteiger partial charge in [-0.1, -0.05) is 25.1 Å². The fourth-order valence-corrected chi connectivity index (χ4v) is 4.11. The van der Waals surface area contributed by atoms with E-state index < -0.39 is 0 Å². The van der Waals surface area contributed by atoms with Gasteiger partial charge < -0.3 is 10.6 Å². The van der Waals surface area contributed by atoms with E-state index in [1.54, 1.807) is 0 Å². The summed E-state index contributed by atoms with van der Waals surface area (Å²) in [7, 11) is 2.19. The van der Waals surface area contributed by atoms with Crippen molar-refractivity contribution in [3.05, 3.63) is 29.8 Å². The number of likely N-dealkylation sites (N-methyl/N-ethyl adjacent to an activating group) is 1. The summed E-state index contributed by atoms with van der Waals surface area (Å²) in [6.45, 7) is 5.20. The molecule has 0 amide bonds. The van der Waals surface area contributed by atoms with Gasteiger partial charge in [0, 0.05) is 30.3 Å². The second-order valence-electron chi connectivity index (χ2n) is 5.10. The van der Waals surface area contributed by atoms with Crippen LogP contribution < -0.4 is 10.6 Å². The lowest BCUT2D eigenvalue weighted by atomic mass is 9.93. The number of hydrogen-bond donors (Lipinski definition) is 1. The molecule has 1 saturated heterocycles. The van der Waals surface area contributed by atoms with Gasteiger partial charge in [0.1, 0.15) is 0 Å². The Bertz CT molecular complexity index is 394. The smallest absolute Gasteiger partial charge is 0.0621 e. The zero-order valence-corrected chi connectivity index (χ0v) is 11.8. The normalized spacial score (nSPS) is 28.4. The maximum absolute atomic E-state index is 6.06. The van der Waals surface area contributed by atoms with Gasteiger partial charge in [0.05, 0.1) is 5.54 Å². The molecule has 2 unspecified atom stereocenters. The molecule has 2 atom stereocenters. The van der Waals surface area contributed by atoms with Gasteiger partial charge >= 0.3 is 0 Å². The molecule has 0 aromatic heterocycles. The molecule has 2 nitrogen and oxygen atoms in total. The Balaban J connectivity index is 2.30. The van der Waals surface area contributed by atoms with E-state index in [9.17, 15) is 0 Å². The van der Waals surface area contributed by atoms with Gasteiger partial charge in [0.2, 0.25) is 0 Å². The highest BCUT2D eigenvalue weighted by atomic mass is 32.2. The topological polar surface area (TPSA) is 29.3 Å². The van der Waals surface area contributed by atoms with Crippen LogP contribution in [0, 0.1) is 6.92 Å². The highest BCUT2D eigenvalue weighted by Gasteiger charge is 2.40. The van der Waals surface area contributed by atoms with Crippen LogP contribution in [0.1, 0.15) is 18.9 Å². The van der Waals surface area contributed by atoms with Gasteiger partial charge in [-0.25, -0.2) is 0 Å². The molecule has 1 fully saturated rings. The van der Waals surface area contributed by atoms with E-state index in [1.165, 1.54) is 17.7 Å². The maximum Gasteiger partial charge on any atom is 0.0621 e. The quantitative estimate of drug-likeness (QED) is 0.894.